The molecule has 1 saturated heterocycles. The molecule has 0 bridgehead atoms. The average molecular weight is 243 g/mol. The van der Waals surface area contributed by atoms with Crippen LogP contribution in [0.5, 0.6) is 0 Å². The quantitative estimate of drug-likeness (QED) is 0.754. The SMILES string of the molecule is Fc1cc2c(cc1Cl)N1CCOCC1CN2. The van der Waals surface area contributed by atoms with Crippen molar-refractivity contribution in [2.24, 2.45) is 0 Å². The van der Waals surface area contributed by atoms with Crippen molar-refractivity contribution in [1.82, 2.24) is 0 Å². The summed E-state index contributed by atoms with van der Waals surface area (Å²) >= 11 is 5.82. The van der Waals surface area contributed by atoms with Gasteiger partial charge in [0.25, 0.3) is 0 Å². The highest BCUT2D eigenvalue weighted by Gasteiger charge is 2.29. The number of nitrogens with zero attached hydrogens (tertiary/aromatic N) is 1. The Balaban J connectivity index is 2.04. The van der Waals surface area contributed by atoms with Crippen molar-refractivity contribution in [2.75, 3.05) is 36.5 Å². The molecule has 1 fully saturated rings. The van der Waals surface area contributed by atoms with Crippen LogP contribution in [-0.2, 0) is 4.74 Å². The Kier molecular flexibility index (Phi) is 2.41. The summed E-state index contributed by atoms with van der Waals surface area (Å²) in [5, 5.41) is 3.38. The van der Waals surface area contributed by atoms with Gasteiger partial charge in [-0.1, -0.05) is 11.6 Å². The molecular weight excluding hydrogens is 231 g/mol. The van der Waals surface area contributed by atoms with Gasteiger partial charge in [0, 0.05) is 19.2 Å². The van der Waals surface area contributed by atoms with E-state index in [4.69, 9.17) is 16.3 Å². The molecular formula is C11H12ClFN2O. The van der Waals surface area contributed by atoms with Gasteiger partial charge in [-0.2, -0.15) is 0 Å². The number of halogens is 2. The first-order valence-corrected chi connectivity index (χ1v) is 5.71. The molecule has 1 N–H and O–H groups in total. The van der Waals surface area contributed by atoms with Gasteiger partial charge in [0.2, 0.25) is 0 Å². The summed E-state index contributed by atoms with van der Waals surface area (Å²) in [6.07, 6.45) is 0. The van der Waals surface area contributed by atoms with E-state index in [0.717, 1.165) is 24.5 Å². The molecule has 16 heavy (non-hydrogen) atoms. The fourth-order valence-electron chi connectivity index (χ4n) is 2.28. The first kappa shape index (κ1) is 10.2. The van der Waals surface area contributed by atoms with Crippen molar-refractivity contribution in [3.05, 3.63) is 23.0 Å². The highest BCUT2D eigenvalue weighted by atomic mass is 35.5. The van der Waals surface area contributed by atoms with Crippen molar-refractivity contribution in [1.29, 1.82) is 0 Å². The van der Waals surface area contributed by atoms with Gasteiger partial charge >= 0.3 is 0 Å². The zero-order valence-electron chi connectivity index (χ0n) is 8.67. The first-order valence-electron chi connectivity index (χ1n) is 5.33. The van der Waals surface area contributed by atoms with E-state index in [0.29, 0.717) is 19.3 Å². The Morgan fingerprint density at radius 1 is 1.50 bits per heavy atom. The highest BCUT2D eigenvalue weighted by molar-refractivity contribution is 6.31. The van der Waals surface area contributed by atoms with Crippen molar-refractivity contribution in [3.63, 3.8) is 0 Å². The minimum atomic E-state index is -0.375. The van der Waals surface area contributed by atoms with Crippen molar-refractivity contribution in [3.8, 4) is 0 Å². The molecule has 0 aromatic heterocycles. The number of ether oxygens (including phenoxy) is 1. The number of nitrogens with one attached hydrogen (secondary N) is 1. The molecule has 3 rings (SSSR count). The molecule has 2 aliphatic heterocycles. The van der Waals surface area contributed by atoms with Crippen LogP contribution in [0.4, 0.5) is 15.8 Å². The van der Waals surface area contributed by atoms with E-state index >= 15 is 0 Å². The van der Waals surface area contributed by atoms with E-state index in [1.807, 2.05) is 0 Å². The molecule has 0 spiro atoms. The molecule has 2 heterocycles. The van der Waals surface area contributed by atoms with Gasteiger partial charge in [-0.25, -0.2) is 4.39 Å². The lowest BCUT2D eigenvalue weighted by atomic mass is 10.1. The van der Waals surface area contributed by atoms with Gasteiger partial charge in [-0.05, 0) is 6.07 Å². The molecule has 5 heteroatoms. The molecule has 1 aromatic carbocycles. The average Bonchev–Trinajstić information content (AvgIpc) is 2.31. The second-order valence-corrected chi connectivity index (χ2v) is 4.49. The van der Waals surface area contributed by atoms with Crippen LogP contribution in [0.25, 0.3) is 0 Å². The third-order valence-electron chi connectivity index (χ3n) is 3.10. The molecule has 1 atom stereocenters. The zero-order chi connectivity index (χ0) is 11.1. The third kappa shape index (κ3) is 1.53. The summed E-state index contributed by atoms with van der Waals surface area (Å²) in [5.41, 5.74) is 1.80. The fourth-order valence-corrected chi connectivity index (χ4v) is 2.44. The van der Waals surface area contributed by atoms with Crippen LogP contribution in [0.3, 0.4) is 0 Å². The summed E-state index contributed by atoms with van der Waals surface area (Å²) in [6, 6.07) is 3.47. The Morgan fingerprint density at radius 3 is 3.25 bits per heavy atom. The van der Waals surface area contributed by atoms with E-state index in [9.17, 15) is 4.39 Å². The van der Waals surface area contributed by atoms with E-state index in [1.165, 1.54) is 6.07 Å². The summed E-state index contributed by atoms with van der Waals surface area (Å²) in [4.78, 5) is 2.24. The second kappa shape index (κ2) is 3.79. The van der Waals surface area contributed by atoms with Crippen LogP contribution < -0.4 is 10.2 Å². The zero-order valence-corrected chi connectivity index (χ0v) is 9.43. The lowest BCUT2D eigenvalue weighted by molar-refractivity contribution is 0.0964. The van der Waals surface area contributed by atoms with Crippen LogP contribution in [0.2, 0.25) is 5.02 Å². The van der Waals surface area contributed by atoms with Gasteiger partial charge in [-0.15, -0.1) is 0 Å². The number of benzene rings is 1. The second-order valence-electron chi connectivity index (χ2n) is 4.09. The maximum absolute atomic E-state index is 13.3. The molecule has 0 amide bonds. The predicted octanol–water partition coefficient (Wildman–Crippen LogP) is 2.11. The van der Waals surface area contributed by atoms with Crippen molar-refractivity contribution in [2.45, 2.75) is 6.04 Å². The maximum Gasteiger partial charge on any atom is 0.143 e. The van der Waals surface area contributed by atoms with Crippen LogP contribution in [0, 0.1) is 5.82 Å². The Morgan fingerprint density at radius 2 is 2.38 bits per heavy atom. The Labute approximate surface area is 98.1 Å². The van der Waals surface area contributed by atoms with Gasteiger partial charge < -0.3 is 15.0 Å². The largest absolute Gasteiger partial charge is 0.381 e. The molecule has 0 saturated carbocycles. The molecule has 86 valence electrons. The van der Waals surface area contributed by atoms with Gasteiger partial charge in [0.15, 0.2) is 0 Å². The summed E-state index contributed by atoms with van der Waals surface area (Å²) in [6.45, 7) is 3.04. The Hall–Kier alpha value is -1.00. The van der Waals surface area contributed by atoms with Gasteiger partial charge in [-0.3, -0.25) is 0 Å². The third-order valence-corrected chi connectivity index (χ3v) is 3.39. The fraction of sp³-hybridized carbons (Fsp3) is 0.455. The summed E-state index contributed by atoms with van der Waals surface area (Å²) in [7, 11) is 0. The number of rotatable bonds is 0. The molecule has 1 aromatic rings. The maximum atomic E-state index is 13.3. The highest BCUT2D eigenvalue weighted by Crippen LogP contribution is 2.36. The van der Waals surface area contributed by atoms with Crippen molar-refractivity contribution >= 4 is 23.0 Å². The van der Waals surface area contributed by atoms with Crippen LogP contribution in [-0.4, -0.2) is 32.3 Å². The van der Waals surface area contributed by atoms with Gasteiger partial charge in [0.05, 0.1) is 35.7 Å². The monoisotopic (exact) mass is 242 g/mol. The van der Waals surface area contributed by atoms with Crippen LogP contribution in [0.1, 0.15) is 0 Å². The van der Waals surface area contributed by atoms with E-state index in [2.05, 4.69) is 10.2 Å². The summed E-state index contributed by atoms with van der Waals surface area (Å²) < 4.78 is 18.7. The van der Waals surface area contributed by atoms with Gasteiger partial charge in [0.1, 0.15) is 5.82 Å². The number of hydrogen-bond donors (Lipinski definition) is 1. The molecule has 2 aliphatic rings. The number of fused-ring (bicyclic) bond motifs is 3. The number of anilines is 2. The topological polar surface area (TPSA) is 24.5 Å². The standard InChI is InChI=1S/C11H12ClFN2O/c12-8-3-11-10(4-9(8)13)14-5-7-6-16-2-1-15(7)11/h3-4,7,14H,1-2,5-6H2. The lowest BCUT2D eigenvalue weighted by Gasteiger charge is -2.42. The Bertz CT molecular complexity index is 427. The van der Waals surface area contributed by atoms with E-state index < -0.39 is 0 Å². The first-order chi connectivity index (χ1) is 7.75. The summed E-state index contributed by atoms with van der Waals surface area (Å²) in [5.74, 6) is -0.375. The predicted molar refractivity (Wildman–Crippen MR) is 61.9 cm³/mol. The molecule has 0 aliphatic carbocycles. The number of hydrogen-bond acceptors (Lipinski definition) is 3. The number of morpholine rings is 1. The molecule has 0 radical (unpaired) electrons. The van der Waals surface area contributed by atoms with Crippen molar-refractivity contribution < 1.29 is 9.13 Å². The van der Waals surface area contributed by atoms with Crippen LogP contribution in [0.15, 0.2) is 12.1 Å². The van der Waals surface area contributed by atoms with Crippen LogP contribution >= 0.6 is 11.6 Å². The molecule has 3 nitrogen and oxygen atoms in total. The normalized spacial score (nSPS) is 23.4. The lowest BCUT2D eigenvalue weighted by Crippen LogP contribution is -2.51. The smallest absolute Gasteiger partial charge is 0.143 e. The molecule has 1 unspecified atom stereocenters. The van der Waals surface area contributed by atoms with E-state index in [-0.39, 0.29) is 10.8 Å². The minimum Gasteiger partial charge on any atom is -0.381 e. The van der Waals surface area contributed by atoms with E-state index in [1.54, 1.807) is 6.07 Å². The minimum absolute atomic E-state index is 0.174.